The highest BCUT2D eigenvalue weighted by Gasteiger charge is 2.27. The molecule has 148 valence electrons. The zero-order chi connectivity index (χ0) is 20.2. The summed E-state index contributed by atoms with van der Waals surface area (Å²) in [6.45, 7) is 3.99. The van der Waals surface area contributed by atoms with Crippen LogP contribution in [0.2, 0.25) is 0 Å². The minimum atomic E-state index is -0.326. The van der Waals surface area contributed by atoms with Crippen molar-refractivity contribution in [3.8, 4) is 11.3 Å². The average molecular weight is 390 g/mol. The van der Waals surface area contributed by atoms with E-state index in [1.165, 1.54) is 0 Å². The fourth-order valence-corrected chi connectivity index (χ4v) is 3.49. The third-order valence-electron chi connectivity index (χ3n) is 5.00. The summed E-state index contributed by atoms with van der Waals surface area (Å²) in [6, 6.07) is 13.2. The fourth-order valence-electron chi connectivity index (χ4n) is 3.49. The summed E-state index contributed by atoms with van der Waals surface area (Å²) in [4.78, 5) is 37.5. The molecule has 3 heterocycles. The summed E-state index contributed by atoms with van der Waals surface area (Å²) < 4.78 is 5.05. The first-order chi connectivity index (χ1) is 14.2. The maximum Gasteiger partial charge on any atom is 0.409 e. The molecule has 0 atom stereocenters. The van der Waals surface area contributed by atoms with Gasteiger partial charge in [-0.1, -0.05) is 18.2 Å². The Morgan fingerprint density at radius 3 is 2.52 bits per heavy atom. The smallest absolute Gasteiger partial charge is 0.409 e. The summed E-state index contributed by atoms with van der Waals surface area (Å²) in [7, 11) is 0. The van der Waals surface area contributed by atoms with Crippen molar-refractivity contribution in [3.05, 3.63) is 60.4 Å². The van der Waals surface area contributed by atoms with Gasteiger partial charge in [0.15, 0.2) is 0 Å². The van der Waals surface area contributed by atoms with Crippen molar-refractivity contribution in [1.82, 2.24) is 19.8 Å². The Hall–Kier alpha value is -3.48. The monoisotopic (exact) mass is 390 g/mol. The number of nitrogens with zero attached hydrogens (tertiary/aromatic N) is 4. The number of hydrogen-bond donors (Lipinski definition) is 0. The summed E-state index contributed by atoms with van der Waals surface area (Å²) >= 11 is 0. The van der Waals surface area contributed by atoms with Gasteiger partial charge >= 0.3 is 6.09 Å². The Labute approximate surface area is 168 Å². The summed E-state index contributed by atoms with van der Waals surface area (Å²) in [5.41, 5.74) is 2.95. The summed E-state index contributed by atoms with van der Waals surface area (Å²) in [5, 5.41) is 0.818. The van der Waals surface area contributed by atoms with Gasteiger partial charge in [0, 0.05) is 49.5 Å². The molecule has 1 aromatic carbocycles. The lowest BCUT2D eigenvalue weighted by Crippen LogP contribution is -2.50. The molecule has 7 heteroatoms. The highest BCUT2D eigenvalue weighted by Crippen LogP contribution is 2.25. The predicted molar refractivity (Wildman–Crippen MR) is 109 cm³/mol. The van der Waals surface area contributed by atoms with Crippen molar-refractivity contribution >= 4 is 22.9 Å². The van der Waals surface area contributed by atoms with E-state index in [1.54, 1.807) is 29.1 Å². The lowest BCUT2D eigenvalue weighted by Gasteiger charge is -2.34. The van der Waals surface area contributed by atoms with Crippen molar-refractivity contribution in [2.24, 2.45) is 0 Å². The normalized spacial score (nSPS) is 14.1. The molecule has 0 N–H and O–H groups in total. The van der Waals surface area contributed by atoms with E-state index in [4.69, 9.17) is 9.72 Å². The maximum atomic E-state index is 13.3. The van der Waals surface area contributed by atoms with Crippen LogP contribution in [0, 0.1) is 0 Å². The van der Waals surface area contributed by atoms with Crippen LogP contribution in [-0.4, -0.2) is 64.6 Å². The van der Waals surface area contributed by atoms with Crippen LogP contribution < -0.4 is 0 Å². The number of ether oxygens (including phenoxy) is 1. The molecule has 1 saturated heterocycles. The predicted octanol–water partition coefficient (Wildman–Crippen LogP) is 3.21. The van der Waals surface area contributed by atoms with Crippen LogP contribution in [0.3, 0.4) is 0 Å². The molecule has 1 aliphatic heterocycles. The van der Waals surface area contributed by atoms with Gasteiger partial charge in [0.25, 0.3) is 5.91 Å². The fraction of sp³-hybridized carbons (Fsp3) is 0.273. The number of fused-ring (bicyclic) bond motifs is 1. The SMILES string of the molecule is CCOC(=O)N1CCN(C(=O)c2cc(-c3cccnc3)nc3ccccc23)CC1. The average Bonchev–Trinajstić information content (AvgIpc) is 2.78. The molecule has 0 radical (unpaired) electrons. The van der Waals surface area contributed by atoms with E-state index in [0.717, 1.165) is 16.5 Å². The molecule has 2 amide bonds. The molecule has 2 aromatic heterocycles. The van der Waals surface area contributed by atoms with Crippen molar-refractivity contribution in [1.29, 1.82) is 0 Å². The lowest BCUT2D eigenvalue weighted by molar-refractivity contribution is 0.0572. The van der Waals surface area contributed by atoms with Crippen LogP contribution in [0.5, 0.6) is 0 Å². The second-order valence-corrected chi connectivity index (χ2v) is 6.79. The zero-order valence-electron chi connectivity index (χ0n) is 16.2. The van der Waals surface area contributed by atoms with Gasteiger partial charge in [-0.2, -0.15) is 0 Å². The molecule has 0 spiro atoms. The van der Waals surface area contributed by atoms with Crippen molar-refractivity contribution in [2.75, 3.05) is 32.8 Å². The molecular weight excluding hydrogens is 368 g/mol. The van der Waals surface area contributed by atoms with Crippen molar-refractivity contribution in [2.45, 2.75) is 6.92 Å². The molecule has 1 aliphatic rings. The van der Waals surface area contributed by atoms with Gasteiger partial charge < -0.3 is 14.5 Å². The van der Waals surface area contributed by atoms with E-state index >= 15 is 0 Å². The van der Waals surface area contributed by atoms with Crippen molar-refractivity contribution in [3.63, 3.8) is 0 Å². The Balaban J connectivity index is 1.63. The number of hydrogen-bond acceptors (Lipinski definition) is 5. The summed E-state index contributed by atoms with van der Waals surface area (Å²) in [6.07, 6.45) is 3.12. The Kier molecular flexibility index (Phi) is 5.37. The van der Waals surface area contributed by atoms with Gasteiger partial charge in [-0.05, 0) is 31.2 Å². The number of aromatic nitrogens is 2. The van der Waals surface area contributed by atoms with E-state index < -0.39 is 0 Å². The Morgan fingerprint density at radius 1 is 1.03 bits per heavy atom. The molecule has 0 saturated carbocycles. The number of rotatable bonds is 3. The first-order valence-corrected chi connectivity index (χ1v) is 9.68. The molecular formula is C22H22N4O3. The summed E-state index contributed by atoms with van der Waals surface area (Å²) in [5.74, 6) is -0.0581. The molecule has 0 aliphatic carbocycles. The number of pyridine rings is 2. The molecule has 4 rings (SSSR count). The number of benzene rings is 1. The van der Waals surface area contributed by atoms with E-state index in [2.05, 4.69) is 4.98 Å². The van der Waals surface area contributed by atoms with E-state index in [9.17, 15) is 9.59 Å². The van der Waals surface area contributed by atoms with Gasteiger partial charge in [0.1, 0.15) is 0 Å². The van der Waals surface area contributed by atoms with Crippen LogP contribution >= 0.6 is 0 Å². The lowest BCUT2D eigenvalue weighted by atomic mass is 10.0. The molecule has 29 heavy (non-hydrogen) atoms. The highest BCUT2D eigenvalue weighted by atomic mass is 16.6. The molecule has 3 aromatic rings. The number of carbonyl (C=O) groups excluding carboxylic acids is 2. The second kappa shape index (κ2) is 8.26. The topological polar surface area (TPSA) is 75.6 Å². The Bertz CT molecular complexity index is 1030. The van der Waals surface area contributed by atoms with Gasteiger partial charge in [-0.3, -0.25) is 9.78 Å². The standard InChI is InChI=1S/C22H22N4O3/c1-2-29-22(28)26-12-10-25(11-13-26)21(27)18-14-20(16-6-5-9-23-15-16)24-19-8-4-3-7-17(18)19/h3-9,14-15H,2,10-13H2,1H3. The van der Waals surface area contributed by atoms with Crippen LogP contribution in [0.25, 0.3) is 22.2 Å². The first-order valence-electron chi connectivity index (χ1n) is 9.68. The van der Waals surface area contributed by atoms with Crippen LogP contribution in [0.15, 0.2) is 54.9 Å². The third-order valence-corrected chi connectivity index (χ3v) is 5.00. The maximum absolute atomic E-state index is 13.3. The quantitative estimate of drug-likeness (QED) is 0.686. The zero-order valence-corrected chi connectivity index (χ0v) is 16.2. The second-order valence-electron chi connectivity index (χ2n) is 6.79. The van der Waals surface area contributed by atoms with Crippen LogP contribution in [-0.2, 0) is 4.74 Å². The van der Waals surface area contributed by atoms with E-state index in [-0.39, 0.29) is 12.0 Å². The minimum Gasteiger partial charge on any atom is -0.450 e. The molecule has 7 nitrogen and oxygen atoms in total. The van der Waals surface area contributed by atoms with Crippen LogP contribution in [0.1, 0.15) is 17.3 Å². The van der Waals surface area contributed by atoms with Crippen molar-refractivity contribution < 1.29 is 14.3 Å². The Morgan fingerprint density at radius 2 is 1.79 bits per heavy atom. The first kappa shape index (κ1) is 18.9. The minimum absolute atomic E-state index is 0.0581. The van der Waals surface area contributed by atoms with Gasteiger partial charge in [0.2, 0.25) is 0 Å². The van der Waals surface area contributed by atoms with Gasteiger partial charge in [0.05, 0.1) is 23.4 Å². The highest BCUT2D eigenvalue weighted by molar-refractivity contribution is 6.07. The van der Waals surface area contributed by atoms with E-state index in [0.29, 0.717) is 44.0 Å². The number of piperazine rings is 1. The van der Waals surface area contributed by atoms with E-state index in [1.807, 2.05) is 42.5 Å². The van der Waals surface area contributed by atoms with Gasteiger partial charge in [-0.15, -0.1) is 0 Å². The molecule has 0 bridgehead atoms. The number of para-hydroxylation sites is 1. The third kappa shape index (κ3) is 3.89. The largest absolute Gasteiger partial charge is 0.450 e. The molecule has 0 unspecified atom stereocenters. The van der Waals surface area contributed by atoms with Crippen LogP contribution in [0.4, 0.5) is 4.79 Å². The number of amides is 2. The number of carbonyl (C=O) groups is 2. The molecule has 1 fully saturated rings. The van der Waals surface area contributed by atoms with Gasteiger partial charge in [-0.25, -0.2) is 9.78 Å².